The number of esters is 1. The normalized spacial score (nSPS) is 16.3. The van der Waals surface area contributed by atoms with Gasteiger partial charge >= 0.3 is 12.1 Å². The summed E-state index contributed by atoms with van der Waals surface area (Å²) in [4.78, 5) is 21.3. The van der Waals surface area contributed by atoms with Gasteiger partial charge in [-0.05, 0) is 34.1 Å². The number of ether oxygens (including phenoxy) is 4. The van der Waals surface area contributed by atoms with Gasteiger partial charge in [-0.1, -0.05) is 36.4 Å². The van der Waals surface area contributed by atoms with Crippen molar-refractivity contribution in [1.29, 1.82) is 0 Å². The maximum absolute atomic E-state index is 14.5. The van der Waals surface area contributed by atoms with Gasteiger partial charge in [0.15, 0.2) is 23.4 Å². The van der Waals surface area contributed by atoms with Gasteiger partial charge in [-0.15, -0.1) is 0 Å². The van der Waals surface area contributed by atoms with E-state index in [1.54, 1.807) is 24.3 Å². The highest BCUT2D eigenvalue weighted by Crippen LogP contribution is 2.43. The molecule has 0 unspecified atom stereocenters. The molecule has 1 aliphatic rings. The average molecular weight is 622 g/mol. The summed E-state index contributed by atoms with van der Waals surface area (Å²) in [6, 6.07) is 14.4. The van der Waals surface area contributed by atoms with Gasteiger partial charge in [-0.3, -0.25) is 0 Å². The van der Waals surface area contributed by atoms with E-state index >= 15 is 0 Å². The van der Waals surface area contributed by atoms with Crippen LogP contribution in [0.4, 0.5) is 29.1 Å². The molecule has 2 heterocycles. The van der Waals surface area contributed by atoms with Crippen LogP contribution in [0.2, 0.25) is 0 Å². The van der Waals surface area contributed by atoms with E-state index in [0.717, 1.165) is 19.2 Å². The summed E-state index contributed by atoms with van der Waals surface area (Å²) in [6.07, 6.45) is -4.74. The second kappa shape index (κ2) is 10.9. The van der Waals surface area contributed by atoms with Crippen molar-refractivity contribution < 1.29 is 41.3 Å². The van der Waals surface area contributed by atoms with Gasteiger partial charge in [0.25, 0.3) is 5.60 Å². The number of hydrogen-bond donors (Lipinski definition) is 1. The van der Waals surface area contributed by atoms with Crippen LogP contribution >= 0.6 is 15.9 Å². The van der Waals surface area contributed by atoms with Crippen molar-refractivity contribution in [2.45, 2.75) is 17.9 Å². The fourth-order valence-electron chi connectivity index (χ4n) is 4.23. The first-order chi connectivity index (χ1) is 19.1. The van der Waals surface area contributed by atoms with Gasteiger partial charge in [0, 0.05) is 24.1 Å². The fourth-order valence-corrected chi connectivity index (χ4v) is 4.60. The van der Waals surface area contributed by atoms with E-state index in [2.05, 4.69) is 31.2 Å². The number of nitrogens with one attached hydrogen (secondary N) is 1. The van der Waals surface area contributed by atoms with Crippen LogP contribution in [0, 0.1) is 5.82 Å². The van der Waals surface area contributed by atoms with Crippen molar-refractivity contribution in [3.05, 3.63) is 82.8 Å². The Morgan fingerprint density at radius 2 is 1.88 bits per heavy atom. The van der Waals surface area contributed by atoms with Gasteiger partial charge in [0.05, 0.1) is 15.7 Å². The molecule has 3 aromatic carbocycles. The zero-order valence-corrected chi connectivity index (χ0v) is 22.3. The van der Waals surface area contributed by atoms with Gasteiger partial charge in [-0.2, -0.15) is 13.2 Å². The third kappa shape index (κ3) is 5.02. The monoisotopic (exact) mass is 621 g/mol. The second-order valence-corrected chi connectivity index (χ2v) is 9.52. The zero-order valence-electron chi connectivity index (χ0n) is 20.7. The molecule has 0 saturated heterocycles. The Kier molecular flexibility index (Phi) is 7.51. The Hall–Kier alpha value is -3.97. The molecule has 0 bridgehead atoms. The highest BCUT2D eigenvalue weighted by atomic mass is 79.9. The number of fused-ring (bicyclic) bond motifs is 2. The Bertz CT molecular complexity index is 1560. The van der Waals surface area contributed by atoms with Crippen molar-refractivity contribution >= 4 is 44.3 Å². The largest absolute Gasteiger partial charge is 0.486 e. The zero-order chi connectivity index (χ0) is 28.5. The number of alkyl halides is 3. The van der Waals surface area contributed by atoms with Crippen LogP contribution in [-0.2, 0) is 19.9 Å². The average Bonchev–Trinajstić information content (AvgIpc) is 2.94. The van der Waals surface area contributed by atoms with Crippen molar-refractivity contribution in [2.75, 3.05) is 25.6 Å². The van der Waals surface area contributed by atoms with Crippen molar-refractivity contribution in [3.8, 4) is 11.5 Å². The molecule has 0 fully saturated rings. The number of aromatic nitrogens is 2. The lowest BCUT2D eigenvalue weighted by Gasteiger charge is -2.33. The fraction of sp³-hybridized carbons (Fsp3) is 0.222. The van der Waals surface area contributed by atoms with Gasteiger partial charge in [-0.25, -0.2) is 19.2 Å². The number of halogens is 5. The van der Waals surface area contributed by atoms with E-state index in [9.17, 15) is 22.4 Å². The van der Waals surface area contributed by atoms with Crippen molar-refractivity contribution in [1.82, 2.24) is 9.97 Å². The quantitative estimate of drug-likeness (QED) is 0.197. The Labute approximate surface area is 233 Å². The van der Waals surface area contributed by atoms with Crippen LogP contribution in [0.5, 0.6) is 11.5 Å². The van der Waals surface area contributed by atoms with Crippen molar-refractivity contribution in [3.63, 3.8) is 0 Å². The first-order valence-corrected chi connectivity index (χ1v) is 12.6. The standard InChI is InChI=1S/C27H20BrF4N3O5/c1-37-26(27(30,31)32,15-6-3-2-4-7-15)25(36)39-13-16-12-38-21-11-20-17(10-22(21)40-16)24(34-14-33-20)35-19-9-5-8-18(28)23(19)29/h2-11,14,16H,12-13H2,1H3,(H,33,34,35)/t16-,26-/m1/s1. The highest BCUT2D eigenvalue weighted by Gasteiger charge is 2.64. The topological polar surface area (TPSA) is 91.8 Å². The minimum atomic E-state index is -5.10. The van der Waals surface area contributed by atoms with E-state index in [1.807, 2.05) is 0 Å². The van der Waals surface area contributed by atoms with E-state index in [0.29, 0.717) is 16.7 Å². The maximum Gasteiger partial charge on any atom is 0.432 e. The molecule has 8 nitrogen and oxygen atoms in total. The minimum absolute atomic E-state index is 0.109. The lowest BCUT2D eigenvalue weighted by atomic mass is 9.93. The van der Waals surface area contributed by atoms with Crippen molar-refractivity contribution in [2.24, 2.45) is 0 Å². The van der Waals surface area contributed by atoms with Gasteiger partial charge in [0.2, 0.25) is 0 Å². The molecule has 2 atom stereocenters. The molecule has 13 heteroatoms. The van der Waals surface area contributed by atoms with Crippen LogP contribution < -0.4 is 14.8 Å². The molecular weight excluding hydrogens is 602 g/mol. The molecule has 0 aliphatic carbocycles. The summed E-state index contributed by atoms with van der Waals surface area (Å²) < 4.78 is 78.6. The third-order valence-electron chi connectivity index (χ3n) is 6.20. The molecular formula is C27H20BrF4N3O5. The number of nitrogens with zero attached hydrogens (tertiary/aromatic N) is 2. The predicted octanol–water partition coefficient (Wildman–Crippen LogP) is 6.06. The Balaban J connectivity index is 1.37. The summed E-state index contributed by atoms with van der Waals surface area (Å²) in [5.41, 5.74) is -3.11. The summed E-state index contributed by atoms with van der Waals surface area (Å²) in [7, 11) is 0.789. The van der Waals surface area contributed by atoms with Crippen LogP contribution in [0.1, 0.15) is 5.56 Å². The minimum Gasteiger partial charge on any atom is -0.486 e. The molecule has 0 radical (unpaired) electrons. The number of carbonyl (C=O) groups is 1. The molecule has 1 N–H and O–H groups in total. The Morgan fingerprint density at radius 3 is 2.60 bits per heavy atom. The lowest BCUT2D eigenvalue weighted by Crippen LogP contribution is -2.52. The first kappa shape index (κ1) is 27.6. The lowest BCUT2D eigenvalue weighted by molar-refractivity contribution is -0.277. The highest BCUT2D eigenvalue weighted by molar-refractivity contribution is 9.10. The van der Waals surface area contributed by atoms with Gasteiger partial charge in [0.1, 0.15) is 25.4 Å². The first-order valence-electron chi connectivity index (χ1n) is 11.8. The molecule has 40 heavy (non-hydrogen) atoms. The molecule has 5 rings (SSSR count). The van der Waals surface area contributed by atoms with E-state index < -0.39 is 41.8 Å². The summed E-state index contributed by atoms with van der Waals surface area (Å²) in [5.74, 6) is -1.35. The van der Waals surface area contributed by atoms with E-state index in [4.69, 9.17) is 18.9 Å². The molecule has 1 aliphatic heterocycles. The number of carbonyl (C=O) groups excluding carboxylic acids is 1. The molecule has 0 amide bonds. The molecule has 1 aromatic heterocycles. The van der Waals surface area contributed by atoms with E-state index in [1.165, 1.54) is 30.6 Å². The summed E-state index contributed by atoms with van der Waals surface area (Å²) in [6.45, 7) is -0.660. The van der Waals surface area contributed by atoms with Crippen LogP contribution in [-0.4, -0.2) is 48.5 Å². The Morgan fingerprint density at radius 1 is 1.10 bits per heavy atom. The third-order valence-corrected chi connectivity index (χ3v) is 6.81. The van der Waals surface area contributed by atoms with Crippen LogP contribution in [0.25, 0.3) is 10.9 Å². The number of anilines is 2. The van der Waals surface area contributed by atoms with Gasteiger partial charge < -0.3 is 24.3 Å². The summed E-state index contributed by atoms with van der Waals surface area (Å²) in [5, 5.41) is 3.38. The number of rotatable bonds is 7. The maximum atomic E-state index is 14.5. The molecule has 0 spiro atoms. The summed E-state index contributed by atoms with van der Waals surface area (Å²) >= 11 is 3.14. The number of methoxy groups -OCH3 is 1. The van der Waals surface area contributed by atoms with Crippen LogP contribution in [0.3, 0.4) is 0 Å². The van der Waals surface area contributed by atoms with E-state index in [-0.39, 0.29) is 28.3 Å². The molecule has 0 saturated carbocycles. The SMILES string of the molecule is CO[C@@](C(=O)OC[C@H]1COc2cc3ncnc(Nc4cccc(Br)c4F)c3cc2O1)(c1ccccc1)C(F)(F)F. The molecule has 4 aromatic rings. The van der Waals surface area contributed by atoms with Crippen LogP contribution in [0.15, 0.2) is 71.5 Å². The second-order valence-electron chi connectivity index (χ2n) is 8.66. The number of hydrogen-bond acceptors (Lipinski definition) is 8. The predicted molar refractivity (Wildman–Crippen MR) is 139 cm³/mol. The smallest absolute Gasteiger partial charge is 0.432 e. The number of benzene rings is 3. The molecule has 208 valence electrons.